The number of hydrogen-bond acceptors (Lipinski definition) is 7. The average Bonchev–Trinajstić information content (AvgIpc) is 3.42. The summed E-state index contributed by atoms with van der Waals surface area (Å²) < 4.78 is 3.35. The maximum atomic E-state index is 13.4. The predicted octanol–water partition coefficient (Wildman–Crippen LogP) is 3.98. The minimum Gasteiger partial charge on any atom is -0.340 e. The minimum atomic E-state index is -0.398. The summed E-state index contributed by atoms with van der Waals surface area (Å²) in [6.45, 7) is 7.07. The molecule has 3 aromatic heterocycles. The number of rotatable bonds is 8. The third-order valence-electron chi connectivity index (χ3n) is 7.36. The van der Waals surface area contributed by atoms with Crippen molar-refractivity contribution in [1.82, 2.24) is 34.3 Å². The Hall–Kier alpha value is -4.09. The van der Waals surface area contributed by atoms with Crippen molar-refractivity contribution in [2.45, 2.75) is 39.7 Å². The van der Waals surface area contributed by atoms with E-state index in [0.29, 0.717) is 52.6 Å². The van der Waals surface area contributed by atoms with E-state index in [1.807, 2.05) is 24.8 Å². The van der Waals surface area contributed by atoms with Crippen LogP contribution in [0.5, 0.6) is 0 Å². The molecule has 1 aliphatic heterocycles. The number of halogens is 1. The van der Waals surface area contributed by atoms with Crippen LogP contribution < -0.4 is 5.32 Å². The number of fused-ring (bicyclic) bond motifs is 1. The van der Waals surface area contributed by atoms with E-state index in [2.05, 4.69) is 32.6 Å². The van der Waals surface area contributed by atoms with Crippen LogP contribution in [0.15, 0.2) is 42.7 Å². The molecule has 12 heteroatoms. The molecule has 0 spiro atoms. The highest BCUT2D eigenvalue weighted by Crippen LogP contribution is 2.26. The van der Waals surface area contributed by atoms with Crippen molar-refractivity contribution in [2.75, 3.05) is 38.5 Å². The van der Waals surface area contributed by atoms with Gasteiger partial charge in [0.15, 0.2) is 17.4 Å². The van der Waals surface area contributed by atoms with E-state index in [0.717, 1.165) is 31.4 Å². The first-order valence-corrected chi connectivity index (χ1v) is 14.1. The zero-order chi connectivity index (χ0) is 29.1. The Morgan fingerprint density at radius 2 is 1.85 bits per heavy atom. The van der Waals surface area contributed by atoms with E-state index in [1.54, 1.807) is 45.9 Å². The molecule has 11 nitrogen and oxygen atoms in total. The van der Waals surface area contributed by atoms with Crippen LogP contribution in [0, 0.1) is 6.92 Å². The number of likely N-dealkylation sites (N-methyl/N-ethyl adjacent to an activating group) is 1. The Kier molecular flexibility index (Phi) is 8.46. The molecule has 0 unspecified atom stereocenters. The van der Waals surface area contributed by atoms with E-state index in [9.17, 15) is 14.4 Å². The first-order chi connectivity index (χ1) is 19.7. The molecule has 214 valence electrons. The molecule has 1 N–H and O–H groups in total. The molecule has 0 radical (unpaired) electrons. The Morgan fingerprint density at radius 1 is 1.02 bits per heavy atom. The summed E-state index contributed by atoms with van der Waals surface area (Å²) in [7, 11) is 2.06. The molecule has 1 aliphatic rings. The predicted molar refractivity (Wildman–Crippen MR) is 157 cm³/mol. The molecule has 0 aliphatic carbocycles. The lowest BCUT2D eigenvalue weighted by atomic mass is 10.1. The van der Waals surface area contributed by atoms with E-state index >= 15 is 0 Å². The van der Waals surface area contributed by atoms with Gasteiger partial charge in [0.25, 0.3) is 5.91 Å². The highest BCUT2D eigenvalue weighted by Gasteiger charge is 2.22. The van der Waals surface area contributed by atoms with Crippen molar-refractivity contribution in [1.29, 1.82) is 0 Å². The smallest absolute Gasteiger partial charge is 0.259 e. The summed E-state index contributed by atoms with van der Waals surface area (Å²) in [5.74, 6) is 0.322. The first-order valence-electron chi connectivity index (χ1n) is 13.7. The number of benzene rings is 1. The summed E-state index contributed by atoms with van der Waals surface area (Å²) >= 11 is 6.28. The summed E-state index contributed by atoms with van der Waals surface area (Å²) in [6, 6.07) is 8.59. The molecule has 0 atom stereocenters. The van der Waals surface area contributed by atoms with Gasteiger partial charge in [-0.15, -0.1) is 10.2 Å². The van der Waals surface area contributed by atoms with Crippen LogP contribution in [0.2, 0.25) is 5.02 Å². The maximum Gasteiger partial charge on any atom is 0.259 e. The van der Waals surface area contributed by atoms with Crippen molar-refractivity contribution in [2.24, 2.45) is 0 Å². The third-order valence-corrected chi connectivity index (χ3v) is 7.60. The third kappa shape index (κ3) is 6.15. The van der Waals surface area contributed by atoms with E-state index in [1.165, 1.54) is 0 Å². The number of hydrogen-bond donors (Lipinski definition) is 1. The number of amides is 2. The molecule has 1 fully saturated rings. The number of nitrogens with zero attached hydrogens (tertiary/aromatic N) is 7. The van der Waals surface area contributed by atoms with Crippen molar-refractivity contribution in [3.8, 4) is 5.82 Å². The van der Waals surface area contributed by atoms with Gasteiger partial charge in [-0.05, 0) is 63.7 Å². The van der Waals surface area contributed by atoms with Gasteiger partial charge in [0.2, 0.25) is 5.91 Å². The van der Waals surface area contributed by atoms with Crippen LogP contribution in [0.3, 0.4) is 0 Å². The first kappa shape index (κ1) is 28.4. The molecular formula is C29H33ClN8O3. The van der Waals surface area contributed by atoms with Crippen LogP contribution >= 0.6 is 11.6 Å². The van der Waals surface area contributed by atoms with Crippen LogP contribution in [-0.4, -0.2) is 85.2 Å². The van der Waals surface area contributed by atoms with Crippen LogP contribution in [0.4, 0.5) is 5.82 Å². The second-order valence-electron chi connectivity index (χ2n) is 10.3. The molecule has 0 saturated carbocycles. The maximum absolute atomic E-state index is 13.4. The summed E-state index contributed by atoms with van der Waals surface area (Å²) in [4.78, 5) is 43.0. The lowest BCUT2D eigenvalue weighted by Crippen LogP contribution is -2.36. The highest BCUT2D eigenvalue weighted by molar-refractivity contribution is 6.31. The van der Waals surface area contributed by atoms with Gasteiger partial charge in [0.1, 0.15) is 6.54 Å². The van der Waals surface area contributed by atoms with Gasteiger partial charge in [0.05, 0.1) is 23.0 Å². The number of Topliss-reactive ketones (excluding diaryl/α,β-unsaturated/α-hetero) is 1. The molecule has 5 rings (SSSR count). The average molecular weight is 577 g/mol. The van der Waals surface area contributed by atoms with Crippen LogP contribution in [-0.2, 0) is 11.3 Å². The number of nitrogens with one attached hydrogen (secondary N) is 1. The molecule has 41 heavy (non-hydrogen) atoms. The Bertz CT molecular complexity index is 1590. The summed E-state index contributed by atoms with van der Waals surface area (Å²) in [5.41, 5.74) is 2.35. The molecule has 2 amide bonds. The zero-order valence-electron chi connectivity index (χ0n) is 23.4. The Balaban J connectivity index is 1.34. The second kappa shape index (κ2) is 12.2. The second-order valence-corrected chi connectivity index (χ2v) is 10.8. The number of carbonyl (C=O) groups excluding carboxylic acids is 3. The SMILES string of the molecule is CCCC(=O)c1cnn(-c2ccc(NC(=O)c3cn(CC(=O)N4CCCN(C)CC4)c4ccc(Cl)cc34)nn2)c1C. The van der Waals surface area contributed by atoms with Gasteiger partial charge in [-0.25, -0.2) is 4.68 Å². The Morgan fingerprint density at radius 3 is 2.61 bits per heavy atom. The van der Waals surface area contributed by atoms with E-state index < -0.39 is 5.91 Å². The van der Waals surface area contributed by atoms with Gasteiger partial charge >= 0.3 is 0 Å². The largest absolute Gasteiger partial charge is 0.340 e. The number of anilines is 1. The van der Waals surface area contributed by atoms with Crippen LogP contribution in [0.25, 0.3) is 16.7 Å². The normalized spacial score (nSPS) is 14.3. The topological polar surface area (TPSA) is 118 Å². The lowest BCUT2D eigenvalue weighted by Gasteiger charge is -2.21. The number of carbonyl (C=O) groups is 3. The summed E-state index contributed by atoms with van der Waals surface area (Å²) in [5, 5.41) is 16.6. The number of ketones is 1. The minimum absolute atomic E-state index is 0.00836. The fraction of sp³-hybridized carbons (Fsp3) is 0.379. The van der Waals surface area contributed by atoms with Crippen molar-refractivity contribution >= 4 is 45.9 Å². The molecule has 0 bridgehead atoms. The molecular weight excluding hydrogens is 544 g/mol. The van der Waals surface area contributed by atoms with Gasteiger partial charge in [-0.3, -0.25) is 14.4 Å². The van der Waals surface area contributed by atoms with Crippen LogP contribution in [0.1, 0.15) is 52.6 Å². The fourth-order valence-corrected chi connectivity index (χ4v) is 5.26. The highest BCUT2D eigenvalue weighted by atomic mass is 35.5. The monoisotopic (exact) mass is 576 g/mol. The molecule has 4 aromatic rings. The molecule has 4 heterocycles. The van der Waals surface area contributed by atoms with Crippen molar-refractivity contribution < 1.29 is 14.4 Å². The quantitative estimate of drug-likeness (QED) is 0.315. The Labute approximate surface area is 243 Å². The zero-order valence-corrected chi connectivity index (χ0v) is 24.2. The van der Waals surface area contributed by atoms with E-state index in [4.69, 9.17) is 11.6 Å². The van der Waals surface area contributed by atoms with E-state index in [-0.39, 0.29) is 24.1 Å². The number of aromatic nitrogens is 5. The van der Waals surface area contributed by atoms with Gasteiger partial charge in [-0.1, -0.05) is 18.5 Å². The fourth-order valence-electron chi connectivity index (χ4n) is 5.09. The molecule has 1 saturated heterocycles. The standard InChI is InChI=1S/C29H33ClN8O3/c1-4-6-25(39)22-16-31-38(19(22)2)27-10-9-26(33-34-27)32-29(41)23-17-37(24-8-7-20(30)15-21(23)24)18-28(40)36-12-5-11-35(3)13-14-36/h7-10,15-17H,4-6,11-14,18H2,1-3H3,(H,32,33,41). The van der Waals surface area contributed by atoms with Crippen molar-refractivity contribution in [3.05, 3.63) is 64.6 Å². The van der Waals surface area contributed by atoms with Crippen molar-refractivity contribution in [3.63, 3.8) is 0 Å². The van der Waals surface area contributed by atoms with Gasteiger partial charge in [0, 0.05) is 48.2 Å². The summed E-state index contributed by atoms with van der Waals surface area (Å²) in [6.07, 6.45) is 5.36. The lowest BCUT2D eigenvalue weighted by molar-refractivity contribution is -0.131. The van der Waals surface area contributed by atoms with Gasteiger partial charge in [-0.2, -0.15) is 5.10 Å². The molecule has 1 aromatic carbocycles. The van der Waals surface area contributed by atoms with Gasteiger partial charge < -0.3 is 19.7 Å².